The van der Waals surface area contributed by atoms with Crippen molar-refractivity contribution in [2.75, 3.05) is 25.1 Å². The molecule has 0 radical (unpaired) electrons. The third-order valence-corrected chi connectivity index (χ3v) is 3.70. The topological polar surface area (TPSA) is 38.5 Å². The van der Waals surface area contributed by atoms with E-state index in [0.717, 1.165) is 6.54 Å². The molecule has 0 saturated heterocycles. The van der Waals surface area contributed by atoms with E-state index < -0.39 is 0 Å². The maximum Gasteiger partial charge on any atom is 0.0713 e. The number of nitrogens with zero attached hydrogens (tertiary/aromatic N) is 1. The highest BCUT2D eigenvalue weighted by Gasteiger charge is 2.17. The van der Waals surface area contributed by atoms with Crippen LogP contribution in [0.15, 0.2) is 54.6 Å². The highest BCUT2D eigenvalue weighted by molar-refractivity contribution is 5.49. The Kier molecular flexibility index (Phi) is 5.78. The molecule has 2 rings (SSSR count). The quantitative estimate of drug-likeness (QED) is 0.847. The molecule has 112 valence electrons. The summed E-state index contributed by atoms with van der Waals surface area (Å²) in [7, 11) is 1.71. The SMILES string of the molecule is CCN(c1ccccc1)C(CN)c1ccc(COC)cc1. The van der Waals surface area contributed by atoms with Gasteiger partial charge in [0.1, 0.15) is 0 Å². The first-order valence-electron chi connectivity index (χ1n) is 7.39. The summed E-state index contributed by atoms with van der Waals surface area (Å²) in [5.74, 6) is 0. The van der Waals surface area contributed by atoms with E-state index >= 15 is 0 Å². The fourth-order valence-electron chi connectivity index (χ4n) is 2.65. The Balaban J connectivity index is 2.24. The maximum absolute atomic E-state index is 6.05. The number of methoxy groups -OCH3 is 1. The number of ether oxygens (including phenoxy) is 1. The maximum atomic E-state index is 6.05. The number of hydrogen-bond acceptors (Lipinski definition) is 3. The molecule has 21 heavy (non-hydrogen) atoms. The molecule has 3 nitrogen and oxygen atoms in total. The summed E-state index contributed by atoms with van der Waals surface area (Å²) in [5, 5.41) is 0. The second-order valence-electron chi connectivity index (χ2n) is 5.05. The van der Waals surface area contributed by atoms with E-state index in [1.165, 1.54) is 16.8 Å². The number of nitrogens with two attached hydrogens (primary N) is 1. The van der Waals surface area contributed by atoms with Crippen molar-refractivity contribution in [3.05, 3.63) is 65.7 Å². The van der Waals surface area contributed by atoms with Crippen molar-refractivity contribution in [3.8, 4) is 0 Å². The number of anilines is 1. The van der Waals surface area contributed by atoms with E-state index in [-0.39, 0.29) is 6.04 Å². The van der Waals surface area contributed by atoms with E-state index in [1.54, 1.807) is 7.11 Å². The Labute approximate surface area is 127 Å². The Morgan fingerprint density at radius 1 is 1.05 bits per heavy atom. The minimum absolute atomic E-state index is 0.189. The molecule has 0 aliphatic carbocycles. The van der Waals surface area contributed by atoms with Gasteiger partial charge in [-0.1, -0.05) is 42.5 Å². The lowest BCUT2D eigenvalue weighted by Crippen LogP contribution is -2.33. The molecule has 3 heteroatoms. The summed E-state index contributed by atoms with van der Waals surface area (Å²) in [6, 6.07) is 19.1. The zero-order valence-corrected chi connectivity index (χ0v) is 12.8. The first-order valence-corrected chi connectivity index (χ1v) is 7.39. The van der Waals surface area contributed by atoms with Crippen LogP contribution in [0, 0.1) is 0 Å². The number of benzene rings is 2. The molecule has 0 aromatic heterocycles. The normalized spacial score (nSPS) is 12.1. The summed E-state index contributed by atoms with van der Waals surface area (Å²) in [6.45, 7) is 4.32. The van der Waals surface area contributed by atoms with Crippen LogP contribution < -0.4 is 10.6 Å². The summed E-state index contributed by atoms with van der Waals surface area (Å²) >= 11 is 0. The monoisotopic (exact) mass is 284 g/mol. The van der Waals surface area contributed by atoms with Gasteiger partial charge in [0.2, 0.25) is 0 Å². The highest BCUT2D eigenvalue weighted by atomic mass is 16.5. The number of hydrogen-bond donors (Lipinski definition) is 1. The van der Waals surface area contributed by atoms with Crippen LogP contribution in [0.4, 0.5) is 5.69 Å². The first-order chi connectivity index (χ1) is 10.3. The molecule has 0 aliphatic heterocycles. The van der Waals surface area contributed by atoms with E-state index in [2.05, 4.69) is 60.4 Å². The van der Waals surface area contributed by atoms with Crippen LogP contribution in [0.5, 0.6) is 0 Å². The lowest BCUT2D eigenvalue weighted by molar-refractivity contribution is 0.185. The minimum Gasteiger partial charge on any atom is -0.380 e. The predicted molar refractivity (Wildman–Crippen MR) is 88.4 cm³/mol. The molecule has 0 bridgehead atoms. The molecule has 0 heterocycles. The Bertz CT molecular complexity index is 525. The van der Waals surface area contributed by atoms with Gasteiger partial charge in [-0.15, -0.1) is 0 Å². The van der Waals surface area contributed by atoms with Gasteiger partial charge in [0.05, 0.1) is 12.6 Å². The average Bonchev–Trinajstić information content (AvgIpc) is 2.54. The third kappa shape index (κ3) is 3.84. The molecule has 0 aliphatic rings. The smallest absolute Gasteiger partial charge is 0.0713 e. The molecule has 0 saturated carbocycles. The van der Waals surface area contributed by atoms with Gasteiger partial charge in [-0.25, -0.2) is 0 Å². The van der Waals surface area contributed by atoms with Crippen molar-refractivity contribution in [1.29, 1.82) is 0 Å². The van der Waals surface area contributed by atoms with Gasteiger partial charge < -0.3 is 15.4 Å². The van der Waals surface area contributed by atoms with Crippen molar-refractivity contribution in [2.24, 2.45) is 5.73 Å². The highest BCUT2D eigenvalue weighted by Crippen LogP contribution is 2.26. The zero-order chi connectivity index (χ0) is 15.1. The van der Waals surface area contributed by atoms with Gasteiger partial charge in [0, 0.05) is 25.9 Å². The van der Waals surface area contributed by atoms with Gasteiger partial charge in [-0.05, 0) is 30.2 Å². The van der Waals surface area contributed by atoms with E-state index in [1.807, 2.05) is 6.07 Å². The van der Waals surface area contributed by atoms with Gasteiger partial charge in [-0.2, -0.15) is 0 Å². The predicted octanol–water partition coefficient (Wildman–Crippen LogP) is 3.36. The van der Waals surface area contributed by atoms with E-state index in [9.17, 15) is 0 Å². The number of likely N-dealkylation sites (N-methyl/N-ethyl adjacent to an activating group) is 1. The lowest BCUT2D eigenvalue weighted by Gasteiger charge is -2.32. The van der Waals surface area contributed by atoms with Crippen molar-refractivity contribution in [2.45, 2.75) is 19.6 Å². The summed E-state index contributed by atoms with van der Waals surface area (Å²) < 4.78 is 5.16. The molecule has 0 amide bonds. The van der Waals surface area contributed by atoms with Gasteiger partial charge >= 0.3 is 0 Å². The molecule has 0 fully saturated rings. The molecule has 2 N–H and O–H groups in total. The summed E-state index contributed by atoms with van der Waals surface area (Å²) in [5.41, 5.74) is 9.67. The van der Waals surface area contributed by atoms with Crippen LogP contribution in [0.2, 0.25) is 0 Å². The van der Waals surface area contributed by atoms with Crippen LogP contribution in [0.1, 0.15) is 24.1 Å². The van der Waals surface area contributed by atoms with Crippen molar-refractivity contribution < 1.29 is 4.74 Å². The Morgan fingerprint density at radius 2 is 1.71 bits per heavy atom. The second kappa shape index (κ2) is 7.81. The van der Waals surface area contributed by atoms with Crippen LogP contribution in [-0.2, 0) is 11.3 Å². The zero-order valence-electron chi connectivity index (χ0n) is 12.8. The number of para-hydroxylation sites is 1. The van der Waals surface area contributed by atoms with E-state index in [0.29, 0.717) is 13.2 Å². The lowest BCUT2D eigenvalue weighted by atomic mass is 10.0. The standard InChI is InChI=1S/C18H24N2O/c1-3-20(17-7-5-4-6-8-17)18(13-19)16-11-9-15(10-12-16)14-21-2/h4-12,18H,3,13-14,19H2,1-2H3. The van der Waals surface area contributed by atoms with Crippen molar-refractivity contribution in [1.82, 2.24) is 0 Å². The van der Waals surface area contributed by atoms with E-state index in [4.69, 9.17) is 10.5 Å². The number of rotatable bonds is 7. The fraction of sp³-hybridized carbons (Fsp3) is 0.333. The van der Waals surface area contributed by atoms with Gasteiger partial charge in [0.25, 0.3) is 0 Å². The first kappa shape index (κ1) is 15.5. The molecular formula is C18H24N2O. The average molecular weight is 284 g/mol. The summed E-state index contributed by atoms with van der Waals surface area (Å²) in [6.07, 6.45) is 0. The molecule has 2 aromatic carbocycles. The molecule has 1 unspecified atom stereocenters. The Hall–Kier alpha value is -1.84. The van der Waals surface area contributed by atoms with Crippen LogP contribution in [0.3, 0.4) is 0 Å². The van der Waals surface area contributed by atoms with Gasteiger partial charge in [0.15, 0.2) is 0 Å². The molecule has 1 atom stereocenters. The largest absolute Gasteiger partial charge is 0.380 e. The molecular weight excluding hydrogens is 260 g/mol. The fourth-order valence-corrected chi connectivity index (χ4v) is 2.65. The summed E-state index contributed by atoms with van der Waals surface area (Å²) in [4.78, 5) is 2.34. The van der Waals surface area contributed by atoms with Crippen LogP contribution >= 0.6 is 0 Å². The molecule has 2 aromatic rings. The van der Waals surface area contributed by atoms with Crippen LogP contribution in [-0.4, -0.2) is 20.2 Å². The van der Waals surface area contributed by atoms with Crippen molar-refractivity contribution >= 4 is 5.69 Å². The second-order valence-corrected chi connectivity index (χ2v) is 5.05. The third-order valence-electron chi connectivity index (χ3n) is 3.70. The molecule has 0 spiro atoms. The minimum atomic E-state index is 0.189. The Morgan fingerprint density at radius 3 is 2.24 bits per heavy atom. The van der Waals surface area contributed by atoms with Crippen LogP contribution in [0.25, 0.3) is 0 Å². The van der Waals surface area contributed by atoms with Crippen molar-refractivity contribution in [3.63, 3.8) is 0 Å². The van der Waals surface area contributed by atoms with Gasteiger partial charge in [-0.3, -0.25) is 0 Å².